The molecule has 0 heterocycles. The molecule has 0 amide bonds. The van der Waals surface area contributed by atoms with Crippen molar-refractivity contribution in [2.75, 3.05) is 13.2 Å². The largest absolute Gasteiger partial charge is 0.297 e. The van der Waals surface area contributed by atoms with E-state index in [2.05, 4.69) is 0 Å². The highest BCUT2D eigenvalue weighted by atomic mass is 32.2. The molecule has 0 spiro atoms. The Morgan fingerprint density at radius 1 is 0.870 bits per heavy atom. The summed E-state index contributed by atoms with van der Waals surface area (Å²) in [7, 11) is -3.76. The first kappa shape index (κ1) is 17.6. The van der Waals surface area contributed by atoms with Crippen LogP contribution in [0.4, 0.5) is 0 Å². The monoisotopic (exact) mass is 336 g/mol. The highest BCUT2D eigenvalue weighted by Gasteiger charge is 2.22. The SMILES string of the molecule is CC(C)(OOCCOS(=O)(=O)c1ccccc1)c1ccccc1. The minimum absolute atomic E-state index is 0.00231. The Hall–Kier alpha value is -1.73. The summed E-state index contributed by atoms with van der Waals surface area (Å²) in [5, 5.41) is 0. The maximum atomic E-state index is 11.9. The number of hydrogen-bond acceptors (Lipinski definition) is 5. The molecule has 2 aromatic rings. The van der Waals surface area contributed by atoms with E-state index in [1.807, 2.05) is 44.2 Å². The fourth-order valence-electron chi connectivity index (χ4n) is 1.91. The fourth-order valence-corrected chi connectivity index (χ4v) is 2.82. The van der Waals surface area contributed by atoms with Crippen molar-refractivity contribution < 1.29 is 22.4 Å². The van der Waals surface area contributed by atoms with Gasteiger partial charge in [-0.1, -0.05) is 48.5 Å². The summed E-state index contributed by atoms with van der Waals surface area (Å²) in [6, 6.07) is 17.6. The Labute approximate surface area is 136 Å². The molecular weight excluding hydrogens is 316 g/mol. The first-order valence-corrected chi connectivity index (χ1v) is 8.63. The van der Waals surface area contributed by atoms with Gasteiger partial charge in [0.15, 0.2) is 0 Å². The van der Waals surface area contributed by atoms with Gasteiger partial charge in [-0.3, -0.25) is 4.18 Å². The van der Waals surface area contributed by atoms with Crippen LogP contribution in [0, 0.1) is 0 Å². The molecule has 0 fully saturated rings. The zero-order chi connectivity index (χ0) is 16.8. The quantitative estimate of drug-likeness (QED) is 0.320. The van der Waals surface area contributed by atoms with Crippen LogP contribution in [0.1, 0.15) is 19.4 Å². The summed E-state index contributed by atoms with van der Waals surface area (Å²) in [5.41, 5.74) is 0.317. The van der Waals surface area contributed by atoms with E-state index in [0.29, 0.717) is 0 Å². The molecule has 0 saturated heterocycles. The van der Waals surface area contributed by atoms with Crippen molar-refractivity contribution in [1.82, 2.24) is 0 Å². The zero-order valence-corrected chi connectivity index (χ0v) is 14.0. The fraction of sp³-hybridized carbons (Fsp3) is 0.294. The molecule has 0 saturated carbocycles. The van der Waals surface area contributed by atoms with Crippen molar-refractivity contribution in [3.63, 3.8) is 0 Å². The van der Waals surface area contributed by atoms with E-state index in [0.717, 1.165) is 5.56 Å². The van der Waals surface area contributed by atoms with E-state index in [9.17, 15) is 8.42 Å². The van der Waals surface area contributed by atoms with Crippen molar-refractivity contribution in [1.29, 1.82) is 0 Å². The van der Waals surface area contributed by atoms with Crippen LogP contribution in [0.5, 0.6) is 0 Å². The minimum atomic E-state index is -3.76. The second-order valence-corrected chi connectivity index (χ2v) is 6.99. The molecule has 5 nitrogen and oxygen atoms in total. The predicted molar refractivity (Wildman–Crippen MR) is 86.1 cm³/mol. The van der Waals surface area contributed by atoms with Gasteiger partial charge in [-0.25, -0.2) is 9.78 Å². The third-order valence-corrected chi connectivity index (χ3v) is 4.50. The Morgan fingerprint density at radius 3 is 2.04 bits per heavy atom. The maximum Gasteiger partial charge on any atom is 0.297 e. The summed E-state index contributed by atoms with van der Waals surface area (Å²) >= 11 is 0. The molecule has 2 rings (SSSR count). The van der Waals surface area contributed by atoms with Gasteiger partial charge in [0.05, 0.1) is 11.5 Å². The van der Waals surface area contributed by atoms with Gasteiger partial charge in [-0.05, 0) is 31.5 Å². The number of hydrogen-bond donors (Lipinski definition) is 0. The number of rotatable bonds is 8. The van der Waals surface area contributed by atoms with Crippen LogP contribution in [0.25, 0.3) is 0 Å². The van der Waals surface area contributed by atoms with E-state index in [1.165, 1.54) is 12.1 Å². The van der Waals surface area contributed by atoms with Gasteiger partial charge in [-0.15, -0.1) is 0 Å². The Kier molecular flexibility index (Phi) is 5.90. The Morgan fingerprint density at radius 2 is 1.43 bits per heavy atom. The van der Waals surface area contributed by atoms with Crippen molar-refractivity contribution in [3.8, 4) is 0 Å². The number of benzene rings is 2. The van der Waals surface area contributed by atoms with Crippen LogP contribution < -0.4 is 0 Å². The first-order valence-electron chi connectivity index (χ1n) is 7.22. The molecule has 0 aliphatic rings. The van der Waals surface area contributed by atoms with Gasteiger partial charge < -0.3 is 0 Å². The van der Waals surface area contributed by atoms with E-state index < -0.39 is 15.7 Å². The molecule has 0 radical (unpaired) electrons. The average molecular weight is 336 g/mol. The molecular formula is C17H20O5S. The molecule has 0 unspecified atom stereocenters. The Bertz CT molecular complexity index is 696. The highest BCUT2D eigenvalue weighted by molar-refractivity contribution is 7.86. The molecule has 2 aromatic carbocycles. The molecule has 0 bridgehead atoms. The van der Waals surface area contributed by atoms with Gasteiger partial charge in [0.1, 0.15) is 12.2 Å². The molecule has 0 atom stereocenters. The van der Waals surface area contributed by atoms with Crippen molar-refractivity contribution in [2.45, 2.75) is 24.3 Å². The minimum Gasteiger partial charge on any atom is -0.264 e. The first-order chi connectivity index (χ1) is 10.9. The van der Waals surface area contributed by atoms with Crippen LogP contribution in [0.3, 0.4) is 0 Å². The van der Waals surface area contributed by atoms with Gasteiger partial charge in [0.2, 0.25) is 0 Å². The lowest BCUT2D eigenvalue weighted by atomic mass is 9.99. The molecule has 0 aromatic heterocycles. The van der Waals surface area contributed by atoms with Crippen molar-refractivity contribution in [2.24, 2.45) is 0 Å². The molecule has 23 heavy (non-hydrogen) atoms. The average Bonchev–Trinajstić information content (AvgIpc) is 2.56. The third kappa shape index (κ3) is 5.14. The maximum absolute atomic E-state index is 11.9. The lowest BCUT2D eigenvalue weighted by molar-refractivity contribution is -0.359. The van der Waals surface area contributed by atoms with Gasteiger partial charge in [-0.2, -0.15) is 8.42 Å². The van der Waals surface area contributed by atoms with Gasteiger partial charge >= 0.3 is 0 Å². The second kappa shape index (κ2) is 7.70. The normalized spacial score (nSPS) is 12.3. The van der Waals surface area contributed by atoms with E-state index in [4.69, 9.17) is 14.0 Å². The highest BCUT2D eigenvalue weighted by Crippen LogP contribution is 2.24. The lowest BCUT2D eigenvalue weighted by Gasteiger charge is -2.23. The van der Waals surface area contributed by atoms with Gasteiger partial charge in [0, 0.05) is 0 Å². The lowest BCUT2D eigenvalue weighted by Crippen LogP contribution is -2.23. The molecule has 0 aliphatic heterocycles. The molecule has 0 aliphatic carbocycles. The van der Waals surface area contributed by atoms with Crippen LogP contribution in [-0.2, 0) is 29.7 Å². The zero-order valence-electron chi connectivity index (χ0n) is 13.1. The molecule has 6 heteroatoms. The van der Waals surface area contributed by atoms with Gasteiger partial charge in [0.25, 0.3) is 10.1 Å². The third-order valence-electron chi connectivity index (χ3n) is 3.17. The summed E-state index contributed by atoms with van der Waals surface area (Å²) in [6.45, 7) is 3.61. The van der Waals surface area contributed by atoms with Crippen molar-refractivity contribution >= 4 is 10.1 Å². The summed E-state index contributed by atoms with van der Waals surface area (Å²) in [4.78, 5) is 10.6. The van der Waals surface area contributed by atoms with Crippen LogP contribution >= 0.6 is 0 Å². The van der Waals surface area contributed by atoms with E-state index in [1.54, 1.807) is 18.2 Å². The topological polar surface area (TPSA) is 61.8 Å². The predicted octanol–water partition coefficient (Wildman–Crippen LogP) is 3.28. The smallest absolute Gasteiger partial charge is 0.264 e. The summed E-state index contributed by atoms with van der Waals surface area (Å²) < 4.78 is 28.7. The second-order valence-electron chi connectivity index (χ2n) is 5.37. The van der Waals surface area contributed by atoms with Crippen LogP contribution in [-0.4, -0.2) is 21.6 Å². The van der Waals surface area contributed by atoms with E-state index in [-0.39, 0.29) is 18.1 Å². The van der Waals surface area contributed by atoms with Crippen molar-refractivity contribution in [3.05, 3.63) is 66.2 Å². The molecule has 0 N–H and O–H groups in total. The van der Waals surface area contributed by atoms with Crippen LogP contribution in [0.2, 0.25) is 0 Å². The Balaban J connectivity index is 1.78. The van der Waals surface area contributed by atoms with E-state index >= 15 is 0 Å². The summed E-state index contributed by atoms with van der Waals surface area (Å²) in [5.74, 6) is 0. The van der Waals surface area contributed by atoms with Crippen LogP contribution in [0.15, 0.2) is 65.6 Å². The standard InChI is InChI=1S/C17H20O5S/c1-17(2,15-9-5-3-6-10-15)22-20-13-14-21-23(18,19)16-11-7-4-8-12-16/h3-12H,13-14H2,1-2H3. The summed E-state index contributed by atoms with van der Waals surface area (Å²) in [6.07, 6.45) is 0. The molecule has 124 valence electrons.